The Morgan fingerprint density at radius 2 is 1.90 bits per heavy atom. The van der Waals surface area contributed by atoms with Gasteiger partial charge in [-0.3, -0.25) is 13.9 Å². The van der Waals surface area contributed by atoms with Crippen molar-refractivity contribution in [3.63, 3.8) is 0 Å². The molecule has 0 bridgehead atoms. The van der Waals surface area contributed by atoms with Crippen molar-refractivity contribution in [2.75, 3.05) is 26.1 Å². The number of fused-ring (bicyclic) bond motifs is 1. The molecular formula is C26H29N5O8S. The molecule has 0 aliphatic carbocycles. The zero-order valence-electron chi connectivity index (χ0n) is 21.8. The Bertz CT molecular complexity index is 1710. The summed E-state index contributed by atoms with van der Waals surface area (Å²) in [6.45, 7) is 0.649. The number of primary sulfonamides is 1. The minimum absolute atomic E-state index is 0.0112. The monoisotopic (exact) mass is 571 g/mol. The van der Waals surface area contributed by atoms with E-state index in [1.807, 2.05) is 18.2 Å². The number of benzene rings is 1. The van der Waals surface area contributed by atoms with E-state index < -0.39 is 39.7 Å². The van der Waals surface area contributed by atoms with E-state index in [0.29, 0.717) is 37.4 Å². The Balaban J connectivity index is 1.67. The zero-order valence-corrected chi connectivity index (χ0v) is 22.6. The maximum Gasteiger partial charge on any atom is 0.331 e. The first kappa shape index (κ1) is 27.7. The second-order valence-corrected chi connectivity index (χ2v) is 11.0. The van der Waals surface area contributed by atoms with E-state index in [0.717, 1.165) is 4.57 Å². The molecule has 0 spiro atoms. The van der Waals surface area contributed by atoms with Crippen LogP contribution in [-0.4, -0.2) is 59.7 Å². The van der Waals surface area contributed by atoms with Crippen molar-refractivity contribution in [1.29, 1.82) is 0 Å². The van der Waals surface area contributed by atoms with Crippen molar-refractivity contribution in [3.8, 4) is 17.3 Å². The number of aromatic nitrogens is 4. The summed E-state index contributed by atoms with van der Waals surface area (Å²) in [5, 5.41) is 5.18. The zero-order chi connectivity index (χ0) is 28.3. The minimum Gasteiger partial charge on any atom is -0.496 e. The number of ether oxygens (including phenoxy) is 3. The van der Waals surface area contributed by atoms with Gasteiger partial charge in [0.1, 0.15) is 23.8 Å². The molecule has 1 saturated heterocycles. The van der Waals surface area contributed by atoms with Crippen molar-refractivity contribution < 1.29 is 27.0 Å². The lowest BCUT2D eigenvalue weighted by Crippen LogP contribution is -2.43. The maximum absolute atomic E-state index is 13.8. The van der Waals surface area contributed by atoms with Crippen LogP contribution in [0, 0.1) is 0 Å². The van der Waals surface area contributed by atoms with Crippen LogP contribution in [-0.2, 0) is 32.6 Å². The normalized spacial score (nSPS) is 15.3. The Morgan fingerprint density at radius 3 is 2.60 bits per heavy atom. The van der Waals surface area contributed by atoms with Crippen LogP contribution in [0.3, 0.4) is 0 Å². The van der Waals surface area contributed by atoms with Crippen molar-refractivity contribution in [2.24, 2.45) is 5.14 Å². The van der Waals surface area contributed by atoms with Crippen LogP contribution < -0.4 is 21.1 Å². The van der Waals surface area contributed by atoms with Gasteiger partial charge < -0.3 is 18.6 Å². The average Bonchev–Trinajstić information content (AvgIpc) is 3.49. The number of hydrogen-bond acceptors (Lipinski definition) is 10. The highest BCUT2D eigenvalue weighted by Gasteiger charge is 2.26. The second kappa shape index (κ2) is 11.7. The van der Waals surface area contributed by atoms with E-state index in [1.54, 1.807) is 25.3 Å². The standard InChI is InChI=1S/C26H29N5O8S/c1-36-21-5-3-2-4-18(21)22(39-17-8-12-37-13-9-17)16-31-20-7-6-19(24-28-10-14-38-24)29-23(20)25(32)30(26(31)33)11-15-40(27,34)35/h2-7,10,14,17,22H,8-9,11-13,15-16H2,1H3,(H2,27,34,35)/t22-/m0/s1. The molecule has 1 aliphatic rings. The molecule has 212 valence electrons. The third-order valence-corrected chi connectivity index (χ3v) is 7.44. The van der Waals surface area contributed by atoms with Gasteiger partial charge in [0, 0.05) is 25.3 Å². The van der Waals surface area contributed by atoms with Crippen LogP contribution in [0.2, 0.25) is 0 Å². The van der Waals surface area contributed by atoms with Gasteiger partial charge in [-0.05, 0) is 31.0 Å². The van der Waals surface area contributed by atoms with Gasteiger partial charge in [0.2, 0.25) is 15.9 Å². The number of para-hydroxylation sites is 1. The number of rotatable bonds is 10. The molecule has 3 aromatic heterocycles. The molecule has 0 unspecified atom stereocenters. The molecule has 40 heavy (non-hydrogen) atoms. The molecule has 2 N–H and O–H groups in total. The molecule has 14 heteroatoms. The molecule has 1 aliphatic heterocycles. The molecule has 0 amide bonds. The van der Waals surface area contributed by atoms with Crippen LogP contribution in [0.15, 0.2) is 62.9 Å². The smallest absolute Gasteiger partial charge is 0.331 e. The number of nitrogens with two attached hydrogens (primary N) is 1. The fourth-order valence-electron chi connectivity index (χ4n) is 4.71. The summed E-state index contributed by atoms with van der Waals surface area (Å²) in [5.41, 5.74) is -0.308. The highest BCUT2D eigenvalue weighted by molar-refractivity contribution is 7.89. The van der Waals surface area contributed by atoms with Gasteiger partial charge in [-0.1, -0.05) is 18.2 Å². The molecule has 1 aromatic carbocycles. The number of hydrogen-bond donors (Lipinski definition) is 1. The largest absolute Gasteiger partial charge is 0.496 e. The summed E-state index contributed by atoms with van der Waals surface area (Å²) >= 11 is 0. The summed E-state index contributed by atoms with van der Waals surface area (Å²) in [5.74, 6) is 0.148. The number of pyridine rings is 1. The van der Waals surface area contributed by atoms with E-state index in [9.17, 15) is 18.0 Å². The third-order valence-electron chi connectivity index (χ3n) is 6.68. The van der Waals surface area contributed by atoms with Gasteiger partial charge in [0.15, 0.2) is 5.52 Å². The van der Waals surface area contributed by atoms with Gasteiger partial charge in [0.25, 0.3) is 5.56 Å². The Morgan fingerprint density at radius 1 is 1.12 bits per heavy atom. The van der Waals surface area contributed by atoms with E-state index >= 15 is 0 Å². The highest BCUT2D eigenvalue weighted by Crippen LogP contribution is 2.32. The molecule has 0 saturated carbocycles. The number of sulfonamides is 1. The van der Waals surface area contributed by atoms with Crippen molar-refractivity contribution in [2.45, 2.75) is 38.1 Å². The van der Waals surface area contributed by atoms with Crippen LogP contribution in [0.25, 0.3) is 22.6 Å². The van der Waals surface area contributed by atoms with Gasteiger partial charge in [-0.2, -0.15) is 0 Å². The van der Waals surface area contributed by atoms with Crippen LogP contribution in [0.5, 0.6) is 5.75 Å². The van der Waals surface area contributed by atoms with Gasteiger partial charge in [-0.15, -0.1) is 0 Å². The SMILES string of the molecule is COc1ccccc1[C@H](Cn1c(=O)n(CCS(N)(=O)=O)c(=O)c2nc(-c3ncco3)ccc21)OC1CCOCC1. The lowest BCUT2D eigenvalue weighted by Gasteiger charge is -2.29. The second-order valence-electron chi connectivity index (χ2n) is 9.30. The topological polar surface area (TPSA) is 171 Å². The Hall–Kier alpha value is -3.85. The average molecular weight is 572 g/mol. The fraction of sp³-hybridized carbons (Fsp3) is 0.385. The quantitative estimate of drug-likeness (QED) is 0.294. The third kappa shape index (κ3) is 5.99. The summed E-state index contributed by atoms with van der Waals surface area (Å²) in [6, 6.07) is 10.5. The molecule has 4 aromatic rings. The summed E-state index contributed by atoms with van der Waals surface area (Å²) in [4.78, 5) is 35.7. The van der Waals surface area contributed by atoms with Gasteiger partial charge >= 0.3 is 5.69 Å². The van der Waals surface area contributed by atoms with Crippen molar-refractivity contribution in [3.05, 3.63) is 75.3 Å². The predicted molar refractivity (Wildman–Crippen MR) is 144 cm³/mol. The first-order valence-corrected chi connectivity index (χ1v) is 14.4. The molecule has 1 fully saturated rings. The maximum atomic E-state index is 13.8. The highest BCUT2D eigenvalue weighted by atomic mass is 32.2. The van der Waals surface area contributed by atoms with Gasteiger partial charge in [0.05, 0.1) is 37.2 Å². The lowest BCUT2D eigenvalue weighted by atomic mass is 10.1. The van der Waals surface area contributed by atoms with E-state index in [1.165, 1.54) is 17.0 Å². The van der Waals surface area contributed by atoms with Crippen molar-refractivity contribution in [1.82, 2.24) is 19.1 Å². The van der Waals surface area contributed by atoms with E-state index in [4.69, 9.17) is 23.8 Å². The van der Waals surface area contributed by atoms with Gasteiger partial charge in [-0.25, -0.2) is 28.3 Å². The minimum atomic E-state index is -3.97. The van der Waals surface area contributed by atoms with Crippen LogP contribution >= 0.6 is 0 Å². The lowest BCUT2D eigenvalue weighted by molar-refractivity contribution is -0.0753. The number of nitrogens with zero attached hydrogens (tertiary/aromatic N) is 4. The molecule has 13 nitrogen and oxygen atoms in total. The summed E-state index contributed by atoms with van der Waals surface area (Å²) < 4.78 is 48.5. The Labute approximate surface area is 229 Å². The first-order valence-electron chi connectivity index (χ1n) is 12.7. The summed E-state index contributed by atoms with van der Waals surface area (Å²) in [7, 11) is -2.42. The summed E-state index contributed by atoms with van der Waals surface area (Å²) in [6.07, 6.45) is 3.38. The number of oxazole rings is 1. The van der Waals surface area contributed by atoms with E-state index in [-0.39, 0.29) is 35.3 Å². The Kier molecular flexibility index (Phi) is 8.12. The van der Waals surface area contributed by atoms with Crippen LogP contribution in [0.1, 0.15) is 24.5 Å². The molecular weight excluding hydrogens is 542 g/mol. The molecule has 0 radical (unpaired) electrons. The first-order chi connectivity index (χ1) is 19.2. The molecule has 1 atom stereocenters. The fourth-order valence-corrected chi connectivity index (χ4v) is 5.15. The van der Waals surface area contributed by atoms with Crippen molar-refractivity contribution >= 4 is 21.1 Å². The number of methoxy groups -OCH3 is 1. The molecule has 5 rings (SSSR count). The van der Waals surface area contributed by atoms with E-state index in [2.05, 4.69) is 9.97 Å². The van der Waals surface area contributed by atoms with Crippen LogP contribution in [0.4, 0.5) is 0 Å². The predicted octanol–water partition coefficient (Wildman–Crippen LogP) is 1.45. The molecule has 4 heterocycles.